The zero-order chi connectivity index (χ0) is 13.5. The van der Waals surface area contributed by atoms with Gasteiger partial charge in [-0.25, -0.2) is 0 Å². The summed E-state index contributed by atoms with van der Waals surface area (Å²) in [5.74, 6) is 0. The predicted octanol–water partition coefficient (Wildman–Crippen LogP) is 4.36. The van der Waals surface area contributed by atoms with Crippen LogP contribution in [0, 0.1) is 0 Å². The molecule has 2 nitrogen and oxygen atoms in total. The van der Waals surface area contributed by atoms with E-state index >= 15 is 0 Å². The lowest BCUT2D eigenvalue weighted by molar-refractivity contribution is 0.261. The number of para-hydroxylation sites is 1. The fraction of sp³-hybridized carbons (Fsp3) is 0.222. The minimum atomic E-state index is 0. The molecule has 0 radical (unpaired) electrons. The highest BCUT2D eigenvalue weighted by molar-refractivity contribution is 14.0. The number of aromatic nitrogens is 1. The van der Waals surface area contributed by atoms with Gasteiger partial charge in [0, 0.05) is 23.1 Å². The normalized spacial score (nSPS) is 18.2. The first-order valence-corrected chi connectivity index (χ1v) is 7.19. The van der Waals surface area contributed by atoms with Crippen molar-refractivity contribution in [2.75, 3.05) is 13.6 Å². The van der Waals surface area contributed by atoms with Crippen molar-refractivity contribution < 1.29 is 0 Å². The van der Waals surface area contributed by atoms with E-state index in [0.29, 0.717) is 6.04 Å². The van der Waals surface area contributed by atoms with Gasteiger partial charge in [-0.05, 0) is 30.7 Å². The second-order valence-corrected chi connectivity index (χ2v) is 5.61. The number of fused-ring (bicyclic) bond motifs is 3. The van der Waals surface area contributed by atoms with Crippen molar-refractivity contribution in [3.05, 3.63) is 71.4 Å². The molecule has 3 heteroatoms. The third-order valence-corrected chi connectivity index (χ3v) is 4.39. The number of benzene rings is 2. The van der Waals surface area contributed by atoms with E-state index in [-0.39, 0.29) is 24.0 Å². The Labute approximate surface area is 142 Å². The average Bonchev–Trinajstić information content (AvgIpc) is 2.86. The fourth-order valence-corrected chi connectivity index (χ4v) is 3.42. The van der Waals surface area contributed by atoms with Crippen molar-refractivity contribution in [3.63, 3.8) is 0 Å². The number of rotatable bonds is 1. The number of H-pyrrole nitrogens is 1. The number of hydrogen-bond donors (Lipinski definition) is 1. The van der Waals surface area contributed by atoms with Crippen LogP contribution in [0.25, 0.3) is 10.9 Å². The molecule has 2 aromatic carbocycles. The van der Waals surface area contributed by atoms with Crippen LogP contribution >= 0.6 is 24.0 Å². The van der Waals surface area contributed by atoms with Gasteiger partial charge in [-0.3, -0.25) is 4.90 Å². The molecular formula is C18H19IN2. The molecule has 0 fully saturated rings. The van der Waals surface area contributed by atoms with Gasteiger partial charge in [-0.2, -0.15) is 0 Å². The summed E-state index contributed by atoms with van der Waals surface area (Å²) in [5.41, 5.74) is 5.48. The van der Waals surface area contributed by atoms with Gasteiger partial charge < -0.3 is 4.98 Å². The van der Waals surface area contributed by atoms with E-state index in [0.717, 1.165) is 13.0 Å². The standard InChI is InChI=1S/C18H18N2.HI/c1-20-12-11-15-14-9-5-6-10-16(14)19-17(15)18(20)13-7-3-2-4-8-13;/h2-10,18-19H,11-12H2,1H3;1H. The third-order valence-electron chi connectivity index (χ3n) is 4.39. The molecule has 1 unspecified atom stereocenters. The molecule has 1 aliphatic heterocycles. The highest BCUT2D eigenvalue weighted by Gasteiger charge is 2.28. The lowest BCUT2D eigenvalue weighted by atomic mass is 9.93. The van der Waals surface area contributed by atoms with Crippen LogP contribution in [0.2, 0.25) is 0 Å². The van der Waals surface area contributed by atoms with Gasteiger partial charge in [0.2, 0.25) is 0 Å². The average molecular weight is 390 g/mol. The van der Waals surface area contributed by atoms with Crippen molar-refractivity contribution in [1.82, 2.24) is 9.88 Å². The number of aromatic amines is 1. The summed E-state index contributed by atoms with van der Waals surface area (Å²) in [6, 6.07) is 19.8. The number of hydrogen-bond acceptors (Lipinski definition) is 1. The van der Waals surface area contributed by atoms with Crippen molar-refractivity contribution in [1.29, 1.82) is 0 Å². The van der Waals surface area contributed by atoms with Gasteiger partial charge in [0.05, 0.1) is 6.04 Å². The molecule has 0 aliphatic carbocycles. The lowest BCUT2D eigenvalue weighted by Gasteiger charge is -2.33. The molecule has 108 valence electrons. The Morgan fingerprint density at radius 3 is 2.52 bits per heavy atom. The molecule has 21 heavy (non-hydrogen) atoms. The minimum Gasteiger partial charge on any atom is -0.357 e. The first kappa shape index (κ1) is 14.6. The molecule has 4 rings (SSSR count). The van der Waals surface area contributed by atoms with E-state index < -0.39 is 0 Å². The van der Waals surface area contributed by atoms with Crippen molar-refractivity contribution in [2.45, 2.75) is 12.5 Å². The smallest absolute Gasteiger partial charge is 0.0754 e. The molecule has 1 N–H and O–H groups in total. The van der Waals surface area contributed by atoms with Gasteiger partial charge in [0.15, 0.2) is 0 Å². The molecule has 1 aliphatic rings. The fourth-order valence-electron chi connectivity index (χ4n) is 3.42. The molecule has 0 amide bonds. The van der Waals surface area contributed by atoms with Gasteiger partial charge in [-0.1, -0.05) is 48.5 Å². The topological polar surface area (TPSA) is 19.0 Å². The van der Waals surface area contributed by atoms with Crippen LogP contribution in [0.4, 0.5) is 0 Å². The Bertz CT molecular complexity index is 748. The second kappa shape index (κ2) is 5.81. The Balaban J connectivity index is 0.00000132. The highest BCUT2D eigenvalue weighted by Crippen LogP contribution is 2.37. The van der Waals surface area contributed by atoms with E-state index in [1.165, 1.54) is 27.7 Å². The van der Waals surface area contributed by atoms with Crippen LogP contribution < -0.4 is 0 Å². The number of halogens is 1. The minimum absolute atomic E-state index is 0. The Morgan fingerprint density at radius 2 is 1.71 bits per heavy atom. The third kappa shape index (κ3) is 2.38. The van der Waals surface area contributed by atoms with E-state index in [4.69, 9.17) is 0 Å². The number of nitrogens with zero attached hydrogens (tertiary/aromatic N) is 1. The molecular weight excluding hydrogens is 371 g/mol. The highest BCUT2D eigenvalue weighted by atomic mass is 127. The summed E-state index contributed by atoms with van der Waals surface area (Å²) in [7, 11) is 2.21. The monoisotopic (exact) mass is 390 g/mol. The van der Waals surface area contributed by atoms with Gasteiger partial charge in [0.25, 0.3) is 0 Å². The zero-order valence-electron chi connectivity index (χ0n) is 12.0. The molecule has 2 heterocycles. The van der Waals surface area contributed by atoms with E-state index in [1.54, 1.807) is 0 Å². The van der Waals surface area contributed by atoms with Crippen LogP contribution in [-0.2, 0) is 6.42 Å². The summed E-state index contributed by atoms with van der Waals surface area (Å²) in [6.45, 7) is 1.11. The molecule has 0 bridgehead atoms. The number of likely N-dealkylation sites (N-methyl/N-ethyl adjacent to an activating group) is 1. The predicted molar refractivity (Wildman–Crippen MR) is 98.3 cm³/mol. The van der Waals surface area contributed by atoms with Gasteiger partial charge in [-0.15, -0.1) is 24.0 Å². The summed E-state index contributed by atoms with van der Waals surface area (Å²) < 4.78 is 0. The summed E-state index contributed by atoms with van der Waals surface area (Å²) >= 11 is 0. The van der Waals surface area contributed by atoms with Gasteiger partial charge >= 0.3 is 0 Å². The summed E-state index contributed by atoms with van der Waals surface area (Å²) in [6.07, 6.45) is 1.12. The summed E-state index contributed by atoms with van der Waals surface area (Å²) in [5, 5.41) is 1.39. The molecule has 0 saturated heterocycles. The molecule has 0 spiro atoms. The molecule has 3 aromatic rings. The molecule has 1 atom stereocenters. The maximum atomic E-state index is 3.65. The maximum Gasteiger partial charge on any atom is 0.0754 e. The SMILES string of the molecule is CN1CCc2c([nH]c3ccccc23)C1c1ccccc1.I. The van der Waals surface area contributed by atoms with Crippen LogP contribution in [0.15, 0.2) is 54.6 Å². The van der Waals surface area contributed by atoms with Crippen LogP contribution in [-0.4, -0.2) is 23.5 Å². The molecule has 0 saturated carbocycles. The second-order valence-electron chi connectivity index (χ2n) is 5.61. The van der Waals surface area contributed by atoms with Crippen molar-refractivity contribution in [2.24, 2.45) is 0 Å². The Morgan fingerprint density at radius 1 is 1.00 bits per heavy atom. The van der Waals surface area contributed by atoms with E-state index in [1.807, 2.05) is 0 Å². The van der Waals surface area contributed by atoms with Crippen LogP contribution in [0.3, 0.4) is 0 Å². The van der Waals surface area contributed by atoms with Crippen LogP contribution in [0.5, 0.6) is 0 Å². The quantitative estimate of drug-likeness (QED) is 0.612. The van der Waals surface area contributed by atoms with Crippen molar-refractivity contribution >= 4 is 34.9 Å². The summed E-state index contributed by atoms with van der Waals surface area (Å²) in [4.78, 5) is 6.09. The Hall–Kier alpha value is -1.33. The van der Waals surface area contributed by atoms with E-state index in [2.05, 4.69) is 71.5 Å². The largest absolute Gasteiger partial charge is 0.357 e. The van der Waals surface area contributed by atoms with E-state index in [9.17, 15) is 0 Å². The van der Waals surface area contributed by atoms with Crippen LogP contribution in [0.1, 0.15) is 22.9 Å². The van der Waals surface area contributed by atoms with Gasteiger partial charge in [0.1, 0.15) is 0 Å². The maximum absolute atomic E-state index is 3.65. The lowest BCUT2D eigenvalue weighted by Crippen LogP contribution is -2.32. The zero-order valence-corrected chi connectivity index (χ0v) is 14.4. The number of nitrogens with one attached hydrogen (secondary N) is 1. The molecule has 1 aromatic heterocycles. The first-order chi connectivity index (χ1) is 9.84. The Kier molecular flexibility index (Phi) is 4.04. The van der Waals surface area contributed by atoms with Crippen molar-refractivity contribution in [3.8, 4) is 0 Å². The first-order valence-electron chi connectivity index (χ1n) is 7.19.